The van der Waals surface area contributed by atoms with E-state index >= 15 is 0 Å². The van der Waals surface area contributed by atoms with E-state index in [4.69, 9.17) is 35.2 Å². The summed E-state index contributed by atoms with van der Waals surface area (Å²) in [7, 11) is -4.69. The van der Waals surface area contributed by atoms with Gasteiger partial charge in [0.15, 0.2) is 11.6 Å². The van der Waals surface area contributed by atoms with Crippen LogP contribution in [0.2, 0.25) is 5.02 Å². The molecule has 146 valence electrons. The lowest BCUT2D eigenvalue weighted by molar-refractivity contribution is -1.92. The molecule has 0 amide bonds. The van der Waals surface area contributed by atoms with E-state index in [0.717, 1.165) is 22.5 Å². The average molecular weight is 425 g/mol. The first kappa shape index (κ1) is 20.4. The molecule has 2 heterocycles. The van der Waals surface area contributed by atoms with E-state index in [2.05, 4.69) is 10.2 Å². The zero-order valence-corrected chi connectivity index (χ0v) is 15.7. The number of fused-ring (bicyclic) bond motifs is 3. The smallest absolute Gasteiger partial charge is 0.163 e. The molecule has 11 heteroatoms. The first-order valence-corrected chi connectivity index (χ1v) is 9.49. The fraction of sp³-hybridized carbons (Fsp3) is 0.118. The summed E-state index contributed by atoms with van der Waals surface area (Å²) in [5.74, 6) is 1.19. The minimum atomic E-state index is -4.69. The second-order valence-corrected chi connectivity index (χ2v) is 6.84. The molecule has 2 N–H and O–H groups in total. The number of benzene rings is 2. The lowest BCUT2D eigenvalue weighted by Crippen LogP contribution is -2.58. The minimum Gasteiger partial charge on any atom is -0.388 e. The van der Waals surface area contributed by atoms with Crippen LogP contribution >= 0.6 is 11.6 Å². The maximum Gasteiger partial charge on any atom is 0.163 e. The van der Waals surface area contributed by atoms with Crippen molar-refractivity contribution in [3.8, 4) is 5.69 Å². The van der Waals surface area contributed by atoms with Gasteiger partial charge in [-0.3, -0.25) is 9.56 Å². The van der Waals surface area contributed by atoms with Gasteiger partial charge in [-0.25, -0.2) is 0 Å². The van der Waals surface area contributed by atoms with Crippen LogP contribution in [-0.4, -0.2) is 30.2 Å². The lowest BCUT2D eigenvalue weighted by Gasteiger charge is -2.13. The van der Waals surface area contributed by atoms with Gasteiger partial charge in [0.1, 0.15) is 13.2 Å². The number of aromatic nitrogens is 3. The van der Waals surface area contributed by atoms with Crippen LogP contribution in [0, 0.1) is 10.2 Å². The van der Waals surface area contributed by atoms with Crippen molar-refractivity contribution in [2.45, 2.75) is 13.2 Å². The quantitative estimate of drug-likeness (QED) is 0.514. The van der Waals surface area contributed by atoms with E-state index in [-0.39, 0.29) is 6.61 Å². The third kappa shape index (κ3) is 4.72. The van der Waals surface area contributed by atoms with Gasteiger partial charge in [0.05, 0.1) is 26.3 Å². The SMILES string of the molecule is OCc1nnc2n1-c1ccc(Cl)cc1C(c1ccccc1)=NC2.[O-][Cl+3]([O-])([O-])O. The molecule has 4 rings (SSSR count). The average Bonchev–Trinajstić information content (AvgIpc) is 2.97. The molecule has 28 heavy (non-hydrogen) atoms. The van der Waals surface area contributed by atoms with Crippen LogP contribution in [0.25, 0.3) is 5.69 Å². The van der Waals surface area contributed by atoms with Crippen molar-refractivity contribution >= 4 is 17.3 Å². The van der Waals surface area contributed by atoms with Crippen LogP contribution in [0.4, 0.5) is 0 Å². The first-order valence-electron chi connectivity index (χ1n) is 7.85. The second-order valence-electron chi connectivity index (χ2n) is 5.61. The Kier molecular flexibility index (Phi) is 6.06. The van der Waals surface area contributed by atoms with Crippen molar-refractivity contribution in [3.05, 3.63) is 76.3 Å². The molecule has 0 unspecified atom stereocenters. The Labute approximate surface area is 166 Å². The summed E-state index contributed by atoms with van der Waals surface area (Å²) < 4.78 is 34.6. The van der Waals surface area contributed by atoms with Crippen molar-refractivity contribution in [1.29, 1.82) is 0 Å². The number of hydrogen-bond donors (Lipinski definition) is 2. The summed E-state index contributed by atoms with van der Waals surface area (Å²) in [5, 5.41) is 18.4. The van der Waals surface area contributed by atoms with Gasteiger partial charge in [-0.1, -0.05) is 41.9 Å². The van der Waals surface area contributed by atoms with E-state index in [9.17, 15) is 5.11 Å². The third-order valence-electron chi connectivity index (χ3n) is 3.82. The molecule has 1 aliphatic rings. The molecule has 0 spiro atoms. The van der Waals surface area contributed by atoms with Gasteiger partial charge in [0.2, 0.25) is 0 Å². The summed E-state index contributed by atoms with van der Waals surface area (Å²) in [6.07, 6.45) is 0. The highest BCUT2D eigenvalue weighted by atomic mass is 35.7. The Morgan fingerprint density at radius 3 is 2.39 bits per heavy atom. The summed E-state index contributed by atoms with van der Waals surface area (Å²) in [4.78, 5) is 4.72. The maximum absolute atomic E-state index is 9.55. The van der Waals surface area contributed by atoms with Gasteiger partial charge < -0.3 is 5.11 Å². The minimum absolute atomic E-state index is 0.185. The van der Waals surface area contributed by atoms with Gasteiger partial charge in [-0.15, -0.1) is 10.2 Å². The predicted molar refractivity (Wildman–Crippen MR) is 90.3 cm³/mol. The lowest BCUT2D eigenvalue weighted by atomic mass is 10.0. The van der Waals surface area contributed by atoms with Crippen LogP contribution in [0.5, 0.6) is 0 Å². The van der Waals surface area contributed by atoms with Crippen LogP contribution in [0.3, 0.4) is 0 Å². The topological polar surface area (TPSA) is 153 Å². The number of halogens is 2. The molecule has 1 aliphatic heterocycles. The van der Waals surface area contributed by atoms with E-state index in [1.807, 2.05) is 53.1 Å². The van der Waals surface area contributed by atoms with E-state index < -0.39 is 10.2 Å². The summed E-state index contributed by atoms with van der Waals surface area (Å²) in [6.45, 7) is 0.208. The molecule has 0 atom stereocenters. The highest BCUT2D eigenvalue weighted by Gasteiger charge is 2.22. The molecule has 0 bridgehead atoms. The predicted octanol–water partition coefficient (Wildman–Crippen LogP) is -1.36. The number of nitrogens with zero attached hydrogens (tertiary/aromatic N) is 4. The Hall–Kier alpha value is -2.37. The number of aliphatic hydroxyl groups is 1. The first-order chi connectivity index (χ1) is 13.3. The van der Waals surface area contributed by atoms with Gasteiger partial charge in [0.25, 0.3) is 0 Å². The highest BCUT2D eigenvalue weighted by Crippen LogP contribution is 2.28. The second kappa shape index (κ2) is 8.33. The van der Waals surface area contributed by atoms with Crippen molar-refractivity contribution in [3.63, 3.8) is 0 Å². The molecule has 0 aliphatic carbocycles. The Bertz CT molecular complexity index is 997. The molecule has 9 nitrogen and oxygen atoms in total. The van der Waals surface area contributed by atoms with Gasteiger partial charge >= 0.3 is 0 Å². The van der Waals surface area contributed by atoms with Crippen molar-refractivity contribution in [1.82, 2.24) is 14.8 Å². The van der Waals surface area contributed by atoms with Gasteiger partial charge in [-0.05, 0) is 18.2 Å². The maximum atomic E-state index is 9.55. The van der Waals surface area contributed by atoms with E-state index in [1.54, 1.807) is 0 Å². The fourth-order valence-electron chi connectivity index (χ4n) is 2.81. The molecule has 3 aromatic rings. The summed E-state index contributed by atoms with van der Waals surface area (Å²) >= 11 is 6.21. The molecule has 2 aromatic carbocycles. The number of rotatable bonds is 2. The number of aliphatic imine (C=N–C) groups is 1. The number of hydrogen-bond acceptors (Lipinski definition) is 8. The molecular weight excluding hydrogens is 411 g/mol. The Morgan fingerprint density at radius 1 is 1.07 bits per heavy atom. The van der Waals surface area contributed by atoms with Crippen molar-refractivity contribution in [2.24, 2.45) is 4.99 Å². The molecule has 0 fully saturated rings. The summed E-state index contributed by atoms with van der Waals surface area (Å²) in [6, 6.07) is 15.6. The van der Waals surface area contributed by atoms with E-state index in [1.165, 1.54) is 0 Å². The van der Waals surface area contributed by atoms with E-state index in [0.29, 0.717) is 23.2 Å². The number of aliphatic hydroxyl groups excluding tert-OH is 1. The molecular formula is C17H14Cl2N4O5. The fourth-order valence-corrected chi connectivity index (χ4v) is 2.98. The van der Waals surface area contributed by atoms with Crippen LogP contribution in [0.1, 0.15) is 22.8 Å². The van der Waals surface area contributed by atoms with Crippen LogP contribution < -0.4 is 14.0 Å². The van der Waals surface area contributed by atoms with Crippen molar-refractivity contribution < 1.29 is 34.0 Å². The molecule has 0 radical (unpaired) electrons. The van der Waals surface area contributed by atoms with Crippen LogP contribution in [0.15, 0.2) is 53.5 Å². The molecule has 1 aromatic heterocycles. The van der Waals surface area contributed by atoms with Crippen LogP contribution in [-0.2, 0) is 13.2 Å². The Balaban J connectivity index is 0.000000403. The summed E-state index contributed by atoms with van der Waals surface area (Å²) in [5.41, 5.74) is 3.65. The largest absolute Gasteiger partial charge is 0.388 e. The normalized spacial score (nSPS) is 12.9. The van der Waals surface area contributed by atoms with Gasteiger partial charge in [0, 0.05) is 16.1 Å². The van der Waals surface area contributed by atoms with Crippen molar-refractivity contribution in [2.75, 3.05) is 0 Å². The Morgan fingerprint density at radius 2 is 1.75 bits per heavy atom. The third-order valence-corrected chi connectivity index (χ3v) is 4.05. The monoisotopic (exact) mass is 424 g/mol. The zero-order valence-electron chi connectivity index (χ0n) is 14.2. The molecule has 0 saturated heterocycles. The standard InChI is InChI=1S/C17H13ClN4O.ClHO4/c18-12-6-7-14-13(8-12)17(11-4-2-1-3-5-11)19-9-15-20-21-16(10-23)22(14)15;2-1(3,4)5/h1-8,23H,9-10H2;(H,2,3,4,5). The zero-order chi connectivity index (χ0) is 20.3. The van der Waals surface area contributed by atoms with Gasteiger partial charge in [-0.2, -0.15) is 14.0 Å². The molecule has 0 saturated carbocycles. The highest BCUT2D eigenvalue weighted by molar-refractivity contribution is 6.31.